The molecule has 0 bridgehead atoms. The lowest BCUT2D eigenvalue weighted by molar-refractivity contribution is -0.137. The maximum Gasteiger partial charge on any atom is 0.418 e. The van der Waals surface area contributed by atoms with Gasteiger partial charge in [0.05, 0.1) is 22.2 Å². The van der Waals surface area contributed by atoms with E-state index in [1.807, 2.05) is 6.07 Å². The van der Waals surface area contributed by atoms with Gasteiger partial charge in [-0.1, -0.05) is 70.6 Å². The Morgan fingerprint density at radius 2 is 1.68 bits per heavy atom. The first-order valence-electron chi connectivity index (χ1n) is 12.1. The van der Waals surface area contributed by atoms with Gasteiger partial charge in [-0.3, -0.25) is 14.4 Å². The highest BCUT2D eigenvalue weighted by Crippen LogP contribution is 2.55. The molecule has 3 atom stereocenters. The molecule has 1 fully saturated rings. The number of amides is 2. The fourth-order valence-corrected chi connectivity index (χ4v) is 8.08. The summed E-state index contributed by atoms with van der Waals surface area (Å²) in [6, 6.07) is 16.3. The van der Waals surface area contributed by atoms with Crippen LogP contribution in [-0.2, 0) is 22.4 Å². The number of H-pyrrole nitrogens is 1. The molecule has 210 valence electrons. The van der Waals surface area contributed by atoms with E-state index in [4.69, 9.17) is 27.9 Å². The highest BCUT2D eigenvalue weighted by molar-refractivity contribution is 8.00. The number of carbonyl (C=O) groups excluding carboxylic acids is 2. The van der Waals surface area contributed by atoms with E-state index >= 15 is 0 Å². The van der Waals surface area contributed by atoms with Crippen LogP contribution in [0.25, 0.3) is 0 Å². The molecule has 13 heteroatoms. The molecule has 6 nitrogen and oxygen atoms in total. The number of thiazole rings is 1. The van der Waals surface area contributed by atoms with Crippen LogP contribution < -0.4 is 14.5 Å². The largest absolute Gasteiger partial charge is 0.489 e. The van der Waals surface area contributed by atoms with Gasteiger partial charge < -0.3 is 9.72 Å². The number of ether oxygens (including phenoxy) is 1. The minimum Gasteiger partial charge on any atom is -0.489 e. The summed E-state index contributed by atoms with van der Waals surface area (Å²) in [5.41, 5.74) is -0.439. The molecule has 3 aromatic carbocycles. The third-order valence-electron chi connectivity index (χ3n) is 6.86. The maximum atomic E-state index is 14.0. The van der Waals surface area contributed by atoms with Crippen LogP contribution in [0.3, 0.4) is 0 Å². The number of nitrogens with one attached hydrogen (secondary N) is 1. The van der Waals surface area contributed by atoms with Crippen molar-refractivity contribution in [3.05, 3.63) is 108 Å². The highest BCUT2D eigenvalue weighted by atomic mass is 35.5. The van der Waals surface area contributed by atoms with Crippen LogP contribution in [0.15, 0.2) is 76.6 Å². The predicted octanol–water partition coefficient (Wildman–Crippen LogP) is 7.14. The van der Waals surface area contributed by atoms with Gasteiger partial charge in [0.25, 0.3) is 0 Å². The topological polar surface area (TPSA) is 79.5 Å². The summed E-state index contributed by atoms with van der Waals surface area (Å²) in [5, 5.41) is 0.112. The van der Waals surface area contributed by atoms with E-state index in [0.717, 1.165) is 40.8 Å². The van der Waals surface area contributed by atoms with Crippen molar-refractivity contribution >= 4 is 63.8 Å². The quantitative estimate of drug-likeness (QED) is 0.236. The summed E-state index contributed by atoms with van der Waals surface area (Å²) in [6.07, 6.45) is -4.80. The van der Waals surface area contributed by atoms with Gasteiger partial charge in [-0.15, -0.1) is 0 Å². The second kappa shape index (κ2) is 10.5. The molecule has 41 heavy (non-hydrogen) atoms. The summed E-state index contributed by atoms with van der Waals surface area (Å²) in [4.78, 5) is 43.5. The van der Waals surface area contributed by atoms with E-state index in [-0.39, 0.29) is 6.61 Å². The first kappa shape index (κ1) is 27.9. The van der Waals surface area contributed by atoms with E-state index < -0.39 is 51.2 Å². The number of rotatable bonds is 5. The second-order valence-electron chi connectivity index (χ2n) is 9.38. The number of alkyl halides is 3. The smallest absolute Gasteiger partial charge is 0.418 e. The minimum atomic E-state index is -4.80. The third-order valence-corrected chi connectivity index (χ3v) is 9.74. The van der Waals surface area contributed by atoms with E-state index in [1.54, 1.807) is 36.4 Å². The fourth-order valence-electron chi connectivity index (χ4n) is 5.18. The summed E-state index contributed by atoms with van der Waals surface area (Å²) in [5.74, 6) is -3.28. The molecule has 1 saturated heterocycles. The maximum absolute atomic E-state index is 14.0. The van der Waals surface area contributed by atoms with E-state index in [9.17, 15) is 27.6 Å². The Morgan fingerprint density at radius 3 is 2.44 bits per heavy atom. The Bertz CT molecular complexity index is 1760. The Morgan fingerprint density at radius 1 is 0.927 bits per heavy atom. The van der Waals surface area contributed by atoms with E-state index in [0.29, 0.717) is 36.2 Å². The van der Waals surface area contributed by atoms with Gasteiger partial charge >= 0.3 is 11.0 Å². The van der Waals surface area contributed by atoms with Gasteiger partial charge in [0.15, 0.2) is 0 Å². The Labute approximate surface area is 249 Å². The number of para-hydroxylation sites is 1. The van der Waals surface area contributed by atoms with Gasteiger partial charge in [0.2, 0.25) is 11.8 Å². The van der Waals surface area contributed by atoms with Crippen LogP contribution in [-0.4, -0.2) is 22.0 Å². The first-order valence-corrected chi connectivity index (χ1v) is 14.6. The minimum absolute atomic E-state index is 0.110. The van der Waals surface area contributed by atoms with Crippen LogP contribution in [0.5, 0.6) is 5.75 Å². The number of aromatic nitrogens is 1. The number of fused-ring (bicyclic) bond motifs is 2. The number of thioether (sulfide) groups is 1. The lowest BCUT2D eigenvalue weighted by Gasteiger charge is -2.31. The number of aromatic amines is 1. The first-order chi connectivity index (χ1) is 19.5. The summed E-state index contributed by atoms with van der Waals surface area (Å²) >= 11 is 14.3. The predicted molar refractivity (Wildman–Crippen MR) is 151 cm³/mol. The molecule has 0 aliphatic carbocycles. The number of carbonyl (C=O) groups is 2. The van der Waals surface area contributed by atoms with Crippen molar-refractivity contribution in [1.29, 1.82) is 0 Å². The Balaban J connectivity index is 1.46. The molecule has 2 aliphatic heterocycles. The molecular weight excluding hydrogens is 620 g/mol. The average molecular weight is 637 g/mol. The highest BCUT2D eigenvalue weighted by Gasteiger charge is 2.57. The number of imide groups is 1. The van der Waals surface area contributed by atoms with Gasteiger partial charge in [-0.05, 0) is 48.0 Å². The zero-order valence-corrected chi connectivity index (χ0v) is 23.7. The summed E-state index contributed by atoms with van der Waals surface area (Å²) in [6.45, 7) is 0.110. The monoisotopic (exact) mass is 636 g/mol. The number of benzene rings is 3. The molecule has 0 radical (unpaired) electrons. The van der Waals surface area contributed by atoms with Crippen LogP contribution in [0.2, 0.25) is 10.0 Å². The van der Waals surface area contributed by atoms with Gasteiger partial charge in [-0.25, -0.2) is 4.90 Å². The lowest BCUT2D eigenvalue weighted by atomic mass is 9.82. The van der Waals surface area contributed by atoms with Crippen molar-refractivity contribution in [2.45, 2.75) is 29.0 Å². The molecular formula is C28H17Cl2F3N2O4S2. The van der Waals surface area contributed by atoms with Crippen molar-refractivity contribution in [3.63, 3.8) is 0 Å². The summed E-state index contributed by atoms with van der Waals surface area (Å²) in [7, 11) is 0. The zero-order valence-electron chi connectivity index (χ0n) is 20.6. The SMILES string of the molecule is O=C1[C@H]2[C@H](c3cc(Cl)ccc3OCc3cccc(Cl)c3)c3sc(=O)[nH]c3S[C@H]2C(=O)N1c1ccccc1C(F)(F)F. The standard InChI is InChI=1S/C28H17Cl2F3N2O4S2/c29-14-5-3-4-13(10-14)12-39-19-9-8-15(30)11-16(19)20-21-23(40-24-22(20)41-27(38)34-24)26(37)35(25(21)36)18-7-2-1-6-17(18)28(31,32)33/h1-11,20-21,23H,12H2,(H,34,38)/t20-,21-,23+/m0/s1. The van der Waals surface area contributed by atoms with Crippen molar-refractivity contribution in [2.75, 3.05) is 4.90 Å². The van der Waals surface area contributed by atoms with Crippen molar-refractivity contribution in [1.82, 2.24) is 4.98 Å². The molecule has 1 aromatic heterocycles. The van der Waals surface area contributed by atoms with Gasteiger partial charge in [0, 0.05) is 26.4 Å². The van der Waals surface area contributed by atoms with Crippen LogP contribution in [0, 0.1) is 5.92 Å². The van der Waals surface area contributed by atoms with Crippen LogP contribution >= 0.6 is 46.3 Å². The molecule has 0 unspecified atom stereocenters. The molecule has 0 saturated carbocycles. The second-order valence-corrected chi connectivity index (χ2v) is 12.4. The average Bonchev–Trinajstić information content (AvgIpc) is 3.41. The van der Waals surface area contributed by atoms with Crippen molar-refractivity contribution in [2.24, 2.45) is 5.92 Å². The molecule has 2 amide bonds. The van der Waals surface area contributed by atoms with Gasteiger partial charge in [0.1, 0.15) is 17.6 Å². The number of anilines is 1. The summed E-state index contributed by atoms with van der Waals surface area (Å²) < 4.78 is 47.8. The van der Waals surface area contributed by atoms with Crippen LogP contribution in [0.1, 0.15) is 27.5 Å². The fraction of sp³-hybridized carbons (Fsp3) is 0.179. The molecule has 3 heterocycles. The zero-order chi connectivity index (χ0) is 29.1. The lowest BCUT2D eigenvalue weighted by Crippen LogP contribution is -2.33. The molecule has 2 aliphatic rings. The van der Waals surface area contributed by atoms with E-state index in [1.165, 1.54) is 12.1 Å². The molecule has 0 spiro atoms. The number of hydrogen-bond acceptors (Lipinski definition) is 6. The Hall–Kier alpha value is -3.25. The molecule has 4 aromatic rings. The van der Waals surface area contributed by atoms with Crippen molar-refractivity contribution in [3.8, 4) is 5.75 Å². The van der Waals surface area contributed by atoms with E-state index in [2.05, 4.69) is 4.98 Å². The van der Waals surface area contributed by atoms with Crippen LogP contribution in [0.4, 0.5) is 18.9 Å². The Kier molecular flexibility index (Phi) is 7.17. The number of halogens is 5. The third kappa shape index (κ3) is 5.05. The molecule has 6 rings (SSSR count). The van der Waals surface area contributed by atoms with Gasteiger partial charge in [-0.2, -0.15) is 13.2 Å². The van der Waals surface area contributed by atoms with Crippen molar-refractivity contribution < 1.29 is 27.5 Å². The number of nitrogens with zero attached hydrogens (tertiary/aromatic N) is 1. The molecule has 1 N–H and O–H groups in total. The number of hydrogen-bond donors (Lipinski definition) is 1. The normalized spacial score (nSPS) is 20.2.